The fourth-order valence-electron chi connectivity index (χ4n) is 9.88. The van der Waals surface area contributed by atoms with Gasteiger partial charge in [0.15, 0.2) is 17.3 Å². The number of esters is 3. The number of benzene rings is 4. The molecule has 4 aromatic carbocycles. The lowest BCUT2D eigenvalue weighted by atomic mass is 10.0. The van der Waals surface area contributed by atoms with Gasteiger partial charge >= 0.3 is 54.2 Å². The third kappa shape index (κ3) is 42.0. The Balaban J connectivity index is 0.00000133. The summed E-state index contributed by atoms with van der Waals surface area (Å²) in [7, 11) is 2.38. The normalized spacial score (nSPS) is 16.9. The topological polar surface area (TPSA) is 440 Å². The Kier molecular flexibility index (Phi) is 49.9. The van der Waals surface area contributed by atoms with Crippen LogP contribution < -0.4 is 16.0 Å². The number of alkyl carbamates (subject to hydrolysis) is 2. The number of carbonyl (C=O) groups is 14. The Hall–Kier alpha value is -9.93. The number of ether oxygens (including phenoxy) is 8. The van der Waals surface area contributed by atoms with E-state index < -0.39 is 102 Å². The highest BCUT2D eigenvalue weighted by Crippen LogP contribution is 2.24. The van der Waals surface area contributed by atoms with Crippen LogP contribution in [0.15, 0.2) is 121 Å². The molecule has 0 aromatic heterocycles. The van der Waals surface area contributed by atoms with E-state index in [-0.39, 0.29) is 146 Å². The van der Waals surface area contributed by atoms with Gasteiger partial charge in [0.1, 0.15) is 73.1 Å². The van der Waals surface area contributed by atoms with Gasteiger partial charge in [-0.15, -0.1) is 12.4 Å². The fraction of sp³-hybridized carbons (Fsp3) is 0.519. The Morgan fingerprint density at radius 3 is 1.13 bits per heavy atom. The summed E-state index contributed by atoms with van der Waals surface area (Å²) in [5.74, 6) is -5.38. The number of hydrogen-bond acceptors (Lipinski definition) is 25. The number of carboxylic acids is 2. The van der Waals surface area contributed by atoms with Crippen LogP contribution in [0.3, 0.4) is 0 Å². The van der Waals surface area contributed by atoms with Gasteiger partial charge in [0.05, 0.1) is 53.6 Å². The predicted octanol–water partition coefficient (Wildman–Crippen LogP) is 8.76. The van der Waals surface area contributed by atoms with E-state index >= 15 is 0 Å². The first kappa shape index (κ1) is 103. The van der Waals surface area contributed by atoms with E-state index in [1.807, 2.05) is 109 Å². The monoisotopic (exact) mass is 1670 g/mol. The highest BCUT2D eigenvalue weighted by molar-refractivity contribution is 9.08. The van der Waals surface area contributed by atoms with Crippen molar-refractivity contribution in [2.75, 3.05) is 66.8 Å². The lowest BCUT2D eigenvalue weighted by molar-refractivity contribution is -0.155. The van der Waals surface area contributed by atoms with Crippen molar-refractivity contribution in [3.63, 3.8) is 0 Å². The van der Waals surface area contributed by atoms with E-state index in [0.717, 1.165) is 45.0 Å². The number of Topliss-reactive ketones (excluding diaryl/α,β-unsaturated/α-hetero) is 4. The van der Waals surface area contributed by atoms with Crippen molar-refractivity contribution in [2.45, 2.75) is 188 Å². The molecule has 113 heavy (non-hydrogen) atoms. The number of aliphatic hydroxyl groups excluding tert-OH is 2. The van der Waals surface area contributed by atoms with Crippen LogP contribution in [0.1, 0.15) is 137 Å². The molecule has 5 heterocycles. The minimum atomic E-state index is -1.18. The molecule has 5 aliphatic heterocycles. The zero-order valence-electron chi connectivity index (χ0n) is 65.3. The van der Waals surface area contributed by atoms with Crippen LogP contribution in [0.4, 0.5) is 19.2 Å². The van der Waals surface area contributed by atoms with Crippen molar-refractivity contribution in [1.29, 1.82) is 0 Å². The second kappa shape index (κ2) is 54.7. The Labute approximate surface area is 674 Å². The first-order valence-electron chi connectivity index (χ1n) is 35.6. The quantitative estimate of drug-likeness (QED) is 0.0278. The Morgan fingerprint density at radius 1 is 0.504 bits per heavy atom. The van der Waals surface area contributed by atoms with E-state index in [1.54, 1.807) is 69.2 Å². The molecule has 0 unspecified atom stereocenters. The number of aliphatic carboxylic acids is 2. The molecule has 34 heteroatoms. The number of amides is 5. The molecule has 0 radical (unpaired) electrons. The van der Waals surface area contributed by atoms with Gasteiger partial charge in [-0.05, 0) is 88.5 Å². The number of nitrogens with zero attached hydrogens (tertiary/aromatic N) is 3. The molecule has 7 N–H and O–H groups in total. The van der Waals surface area contributed by atoms with Crippen molar-refractivity contribution < 1.29 is 125 Å². The summed E-state index contributed by atoms with van der Waals surface area (Å²) < 4.78 is 39.6. The number of ketones is 4. The molecule has 0 aliphatic carbocycles. The summed E-state index contributed by atoms with van der Waals surface area (Å²) in [5.41, 5.74) is 2.52. The SMILES string of the molecule is BrCc1ccccc1.C.C1CCOC1.CC(C)(C)OC(=O)N1CC(=O)C[C@H]1C(=O)O.CC(C)(C)OC(=O)N1CC(=O)C[C@H]1C(=O)OCc1ccccc1.COC(=O)N[C@H](C(=O)N1CC(=O)C[C@H]1C(=O)OCc1ccccc1)C(C)C.COC(=O)N[C@H](C(=O)O)C(C)C.Cl.O=C1CN[C@H](C(=O)OCc2ccccc2)C1.OCCO. The number of alkyl halides is 1. The number of nitrogens with one attached hydrogen (secondary N) is 3. The highest BCUT2D eigenvalue weighted by atomic mass is 79.9. The number of aliphatic hydroxyl groups is 2. The molecule has 628 valence electrons. The second-order valence-electron chi connectivity index (χ2n) is 27.7. The fourth-order valence-corrected chi connectivity index (χ4v) is 10.3. The summed E-state index contributed by atoms with van der Waals surface area (Å²) in [6, 6.07) is 32.8. The maximum Gasteiger partial charge on any atom is 0.411 e. The first-order chi connectivity index (χ1) is 52.4. The maximum absolute atomic E-state index is 12.9. The van der Waals surface area contributed by atoms with Crippen LogP contribution in [-0.4, -0.2) is 233 Å². The van der Waals surface area contributed by atoms with Gasteiger partial charge in [-0.2, -0.15) is 0 Å². The van der Waals surface area contributed by atoms with E-state index in [4.69, 9.17) is 48.8 Å². The van der Waals surface area contributed by atoms with Crippen molar-refractivity contribution in [3.8, 4) is 0 Å². The average molecular weight is 1680 g/mol. The van der Waals surface area contributed by atoms with Crippen molar-refractivity contribution in [3.05, 3.63) is 144 Å². The summed E-state index contributed by atoms with van der Waals surface area (Å²) in [6.07, 6.45) is -0.389. The van der Waals surface area contributed by atoms with Crippen LogP contribution in [0.5, 0.6) is 0 Å². The first-order valence-corrected chi connectivity index (χ1v) is 36.8. The minimum absolute atomic E-state index is 0. The molecular formula is C79H112BrClN6O26. The van der Waals surface area contributed by atoms with Gasteiger partial charge in [-0.25, -0.2) is 38.4 Å². The lowest BCUT2D eigenvalue weighted by Gasteiger charge is -2.29. The smallest absolute Gasteiger partial charge is 0.411 e. The van der Waals surface area contributed by atoms with Gasteiger partial charge in [-0.3, -0.25) is 43.9 Å². The largest absolute Gasteiger partial charge is 0.480 e. The van der Waals surface area contributed by atoms with E-state index in [2.05, 4.69) is 53.5 Å². The van der Waals surface area contributed by atoms with Crippen molar-refractivity contribution >= 4 is 112 Å². The number of halogens is 2. The van der Waals surface area contributed by atoms with Gasteiger partial charge in [-0.1, -0.05) is 172 Å². The Morgan fingerprint density at radius 2 is 0.841 bits per heavy atom. The average Bonchev–Trinajstić information content (AvgIpc) is 1.69. The van der Waals surface area contributed by atoms with Crippen molar-refractivity contribution in [2.24, 2.45) is 11.8 Å². The van der Waals surface area contributed by atoms with Crippen molar-refractivity contribution in [1.82, 2.24) is 30.7 Å². The number of hydrogen-bond donors (Lipinski definition) is 7. The standard InChI is InChI=1S/C19H24N2O6.C17H21NO5.C12H13NO3.C10H15NO5.C7H7Br.C7H13NO4.C4H8O.C2H6O2.CH4.ClH/c1-12(2)16(20-19(25)26-3)17(23)21-10-14(22)9-15(21)18(24)27-11-13-7-5-4-6-8-13;1-17(2,3)23-16(21)18-10-13(19)9-14(18)15(20)22-11-12-7-5-4-6-8-12;14-10-6-11(13-7-10)12(15)16-8-9-4-2-1-3-5-9;1-10(2,3)16-9(15)11-5-6(12)4-7(11)8(13)14;8-6-7-4-2-1-3-5-7;1-4(2)5(6(9)10)8-7(11)12-3;1-2-4-5-3-1;3-1-2-4;;/h4-8,12,15-16H,9-11H2,1-3H3,(H,20,25);4-8,14H,9-11H2,1-3H3;1-5,11,13H,6-8H2;7H,4-5H2,1-3H3,(H,13,14);1-5H,6H2;4-5H,1-3H3,(H,8,11)(H,9,10);1-4H2;3-4H,1-2H2;1H4;1H/t15-,16-;14-;11-;7-;;5-;;;;/m0000.0..../s1. The molecule has 9 rings (SSSR count). The van der Waals surface area contributed by atoms with Gasteiger partial charge in [0.2, 0.25) is 5.91 Å². The number of likely N-dealkylation sites (tertiary alicyclic amines) is 3. The minimum Gasteiger partial charge on any atom is -0.480 e. The molecule has 0 saturated carbocycles. The van der Waals surface area contributed by atoms with E-state index in [1.165, 1.54) is 37.5 Å². The molecule has 0 bridgehead atoms. The summed E-state index contributed by atoms with van der Waals surface area (Å²) in [4.78, 5) is 165. The molecule has 5 aliphatic rings. The molecule has 0 spiro atoms. The molecule has 5 saturated heterocycles. The van der Waals surface area contributed by atoms with Gasteiger partial charge in [0.25, 0.3) is 0 Å². The second-order valence-corrected chi connectivity index (χ2v) is 28.3. The number of rotatable bonds is 18. The number of methoxy groups -OCH3 is 2. The van der Waals surface area contributed by atoms with Crippen LogP contribution in [-0.2, 0) is 111 Å². The molecular weight excluding hydrogens is 1560 g/mol. The number of carbonyl (C=O) groups excluding carboxylic acids is 12. The molecule has 6 atom stereocenters. The van der Waals surface area contributed by atoms with Crippen LogP contribution in [0, 0.1) is 11.8 Å². The summed E-state index contributed by atoms with van der Waals surface area (Å²) in [6.45, 7) is 19.1. The zero-order chi connectivity index (χ0) is 83.4. The van der Waals surface area contributed by atoms with Crippen LogP contribution in [0.25, 0.3) is 0 Å². The van der Waals surface area contributed by atoms with Crippen LogP contribution in [0.2, 0.25) is 0 Å². The van der Waals surface area contributed by atoms with E-state index in [9.17, 15) is 67.1 Å². The van der Waals surface area contributed by atoms with Gasteiger partial charge < -0.3 is 73.9 Å². The highest BCUT2D eigenvalue weighted by Gasteiger charge is 2.45. The third-order valence-electron chi connectivity index (χ3n) is 15.4. The number of carboxylic acid groups (broad SMARTS) is 2. The maximum atomic E-state index is 12.9. The Bertz CT molecular complexity index is 3590. The lowest BCUT2D eigenvalue weighted by Crippen LogP contribution is -2.54. The molecule has 5 fully saturated rings. The third-order valence-corrected chi connectivity index (χ3v) is 16.1. The predicted molar refractivity (Wildman–Crippen MR) is 419 cm³/mol. The summed E-state index contributed by atoms with van der Waals surface area (Å²) in [5, 5.41) is 41.1. The molecule has 5 amide bonds. The van der Waals surface area contributed by atoms with Gasteiger partial charge in [0, 0.05) is 44.2 Å². The van der Waals surface area contributed by atoms with Crippen LogP contribution >= 0.6 is 28.3 Å². The molecule has 4 aromatic rings. The van der Waals surface area contributed by atoms with E-state index in [0.29, 0.717) is 0 Å². The summed E-state index contributed by atoms with van der Waals surface area (Å²) >= 11 is 3.36. The zero-order valence-corrected chi connectivity index (χ0v) is 67.7. The molecule has 32 nitrogen and oxygen atoms in total.